The molecular weight excluding hydrogens is 400 g/mol. The molecule has 0 unspecified atom stereocenters. The molecule has 1 aromatic heterocycles. The fourth-order valence-electron chi connectivity index (χ4n) is 3.76. The monoisotopic (exact) mass is 430 g/mol. The Kier molecular flexibility index (Phi) is 6.25. The molecule has 2 amide bonds. The van der Waals surface area contributed by atoms with Crippen LogP contribution in [0.5, 0.6) is 0 Å². The molecule has 2 aromatic carbocycles. The predicted octanol–water partition coefficient (Wildman–Crippen LogP) is 4.81. The lowest BCUT2D eigenvalue weighted by molar-refractivity contribution is 0.208. The zero-order valence-corrected chi connectivity index (χ0v) is 19.1. The highest BCUT2D eigenvalue weighted by Crippen LogP contribution is 2.21. The Labute approximate surface area is 189 Å². The van der Waals surface area contributed by atoms with Gasteiger partial charge in [0.2, 0.25) is 5.95 Å². The summed E-state index contributed by atoms with van der Waals surface area (Å²) in [5, 5.41) is 6.35. The Bertz CT molecular complexity index is 1100. The maximum Gasteiger partial charge on any atom is 0.321 e. The van der Waals surface area contributed by atoms with Crippen LogP contribution in [0.4, 0.5) is 27.9 Å². The summed E-state index contributed by atoms with van der Waals surface area (Å²) < 4.78 is 0. The van der Waals surface area contributed by atoms with Gasteiger partial charge in [-0.3, -0.25) is 0 Å². The summed E-state index contributed by atoms with van der Waals surface area (Å²) in [6.07, 6.45) is 0. The second-order valence-electron chi connectivity index (χ2n) is 8.33. The number of aromatic nitrogens is 2. The number of benzene rings is 2. The van der Waals surface area contributed by atoms with Gasteiger partial charge >= 0.3 is 6.03 Å². The predicted molar refractivity (Wildman–Crippen MR) is 130 cm³/mol. The van der Waals surface area contributed by atoms with Crippen molar-refractivity contribution in [3.05, 3.63) is 70.9 Å². The molecule has 0 radical (unpaired) electrons. The van der Waals surface area contributed by atoms with Gasteiger partial charge in [-0.2, -0.15) is 4.98 Å². The highest BCUT2D eigenvalue weighted by Gasteiger charge is 2.23. The van der Waals surface area contributed by atoms with Crippen molar-refractivity contribution in [3.63, 3.8) is 0 Å². The van der Waals surface area contributed by atoms with Crippen molar-refractivity contribution in [1.82, 2.24) is 14.9 Å². The van der Waals surface area contributed by atoms with E-state index in [9.17, 15) is 4.79 Å². The molecule has 7 nitrogen and oxygen atoms in total. The van der Waals surface area contributed by atoms with E-state index in [0.717, 1.165) is 41.5 Å². The number of aryl methyl sites for hydroxylation is 3. The lowest BCUT2D eigenvalue weighted by Crippen LogP contribution is -2.50. The van der Waals surface area contributed by atoms with Gasteiger partial charge in [-0.05, 0) is 57.0 Å². The van der Waals surface area contributed by atoms with Crippen LogP contribution in [0.1, 0.15) is 22.4 Å². The Balaban J connectivity index is 1.39. The van der Waals surface area contributed by atoms with Crippen molar-refractivity contribution in [3.8, 4) is 0 Å². The van der Waals surface area contributed by atoms with Gasteiger partial charge in [-0.25, -0.2) is 9.78 Å². The van der Waals surface area contributed by atoms with Crippen LogP contribution < -0.4 is 15.5 Å². The SMILES string of the molecule is Cc1ccc(Nc2nc(C)cc(N3CCN(C(=O)Nc4cccc(C)c4C)CC3)n2)cc1. The molecule has 0 spiro atoms. The summed E-state index contributed by atoms with van der Waals surface area (Å²) in [7, 11) is 0. The number of carbonyl (C=O) groups excluding carboxylic acids is 1. The minimum atomic E-state index is -0.0565. The minimum Gasteiger partial charge on any atom is -0.353 e. The van der Waals surface area contributed by atoms with E-state index in [2.05, 4.69) is 52.6 Å². The maximum atomic E-state index is 12.8. The normalized spacial score (nSPS) is 13.8. The Hall–Kier alpha value is -3.61. The van der Waals surface area contributed by atoms with E-state index < -0.39 is 0 Å². The van der Waals surface area contributed by atoms with E-state index in [1.165, 1.54) is 11.1 Å². The number of urea groups is 1. The summed E-state index contributed by atoms with van der Waals surface area (Å²) in [5.74, 6) is 1.46. The number of nitrogens with zero attached hydrogens (tertiary/aromatic N) is 4. The van der Waals surface area contributed by atoms with Crippen LogP contribution in [0.15, 0.2) is 48.5 Å². The van der Waals surface area contributed by atoms with Crippen LogP contribution in [0.25, 0.3) is 0 Å². The van der Waals surface area contributed by atoms with E-state index in [1.807, 2.05) is 49.1 Å². The molecule has 0 aliphatic carbocycles. The van der Waals surface area contributed by atoms with Crippen molar-refractivity contribution < 1.29 is 4.79 Å². The Morgan fingerprint density at radius 1 is 0.906 bits per heavy atom. The van der Waals surface area contributed by atoms with Crippen LogP contribution in [0, 0.1) is 27.7 Å². The summed E-state index contributed by atoms with van der Waals surface area (Å²) in [5.41, 5.74) is 6.21. The maximum absolute atomic E-state index is 12.8. The zero-order valence-electron chi connectivity index (χ0n) is 19.1. The number of amides is 2. The molecule has 2 heterocycles. The van der Waals surface area contributed by atoms with Crippen LogP contribution >= 0.6 is 0 Å². The van der Waals surface area contributed by atoms with Gasteiger partial charge in [0.1, 0.15) is 5.82 Å². The number of hydrogen-bond donors (Lipinski definition) is 2. The fourth-order valence-corrected chi connectivity index (χ4v) is 3.76. The third kappa shape index (κ3) is 4.99. The van der Waals surface area contributed by atoms with Gasteiger partial charge in [0.15, 0.2) is 0 Å². The molecule has 1 aliphatic rings. The molecule has 4 rings (SSSR count). The number of rotatable bonds is 4. The van der Waals surface area contributed by atoms with E-state index in [-0.39, 0.29) is 6.03 Å². The molecule has 0 saturated carbocycles. The highest BCUT2D eigenvalue weighted by atomic mass is 16.2. The summed E-state index contributed by atoms with van der Waals surface area (Å²) in [6, 6.07) is 16.1. The second kappa shape index (κ2) is 9.26. The molecule has 1 fully saturated rings. The number of carbonyl (C=O) groups is 1. The number of hydrogen-bond acceptors (Lipinski definition) is 5. The average molecular weight is 431 g/mol. The van der Waals surface area contributed by atoms with Gasteiger partial charge in [0.25, 0.3) is 0 Å². The second-order valence-corrected chi connectivity index (χ2v) is 8.33. The molecule has 1 saturated heterocycles. The molecule has 7 heteroatoms. The summed E-state index contributed by atoms with van der Waals surface area (Å²) in [6.45, 7) is 10.8. The molecule has 0 bridgehead atoms. The zero-order chi connectivity index (χ0) is 22.7. The third-order valence-corrected chi connectivity index (χ3v) is 5.89. The number of nitrogens with one attached hydrogen (secondary N) is 2. The first kappa shape index (κ1) is 21.6. The molecule has 32 heavy (non-hydrogen) atoms. The van der Waals surface area contributed by atoms with Crippen LogP contribution in [-0.2, 0) is 0 Å². The Morgan fingerprint density at radius 3 is 2.34 bits per heavy atom. The van der Waals surface area contributed by atoms with Gasteiger partial charge in [-0.15, -0.1) is 0 Å². The van der Waals surface area contributed by atoms with E-state index in [0.29, 0.717) is 19.0 Å². The van der Waals surface area contributed by atoms with Crippen molar-refractivity contribution in [2.24, 2.45) is 0 Å². The first-order chi connectivity index (χ1) is 15.4. The number of anilines is 4. The van der Waals surface area contributed by atoms with Crippen LogP contribution in [0.3, 0.4) is 0 Å². The fraction of sp³-hybridized carbons (Fsp3) is 0.320. The number of piperazine rings is 1. The van der Waals surface area contributed by atoms with Crippen molar-refractivity contribution in [1.29, 1.82) is 0 Å². The van der Waals surface area contributed by atoms with Crippen LogP contribution in [-0.4, -0.2) is 47.1 Å². The first-order valence-electron chi connectivity index (χ1n) is 11.0. The van der Waals surface area contributed by atoms with Gasteiger partial charge in [0.05, 0.1) is 0 Å². The van der Waals surface area contributed by atoms with E-state index in [4.69, 9.17) is 4.98 Å². The van der Waals surface area contributed by atoms with Gasteiger partial charge < -0.3 is 20.4 Å². The molecule has 3 aromatic rings. The largest absolute Gasteiger partial charge is 0.353 e. The van der Waals surface area contributed by atoms with Crippen molar-refractivity contribution >= 4 is 29.2 Å². The quantitative estimate of drug-likeness (QED) is 0.622. The average Bonchev–Trinajstić information content (AvgIpc) is 2.78. The highest BCUT2D eigenvalue weighted by molar-refractivity contribution is 5.90. The Morgan fingerprint density at radius 2 is 1.62 bits per heavy atom. The van der Waals surface area contributed by atoms with E-state index >= 15 is 0 Å². The minimum absolute atomic E-state index is 0.0565. The third-order valence-electron chi connectivity index (χ3n) is 5.89. The molecule has 166 valence electrons. The molecule has 1 aliphatic heterocycles. The van der Waals surface area contributed by atoms with Crippen molar-refractivity contribution in [2.45, 2.75) is 27.7 Å². The van der Waals surface area contributed by atoms with Gasteiger partial charge in [0, 0.05) is 49.3 Å². The summed E-state index contributed by atoms with van der Waals surface area (Å²) in [4.78, 5) is 26.1. The lowest BCUT2D eigenvalue weighted by Gasteiger charge is -2.35. The van der Waals surface area contributed by atoms with Crippen LogP contribution in [0.2, 0.25) is 0 Å². The molecular formula is C25H30N6O. The topological polar surface area (TPSA) is 73.4 Å². The lowest BCUT2D eigenvalue weighted by atomic mass is 10.1. The molecule has 2 N–H and O–H groups in total. The van der Waals surface area contributed by atoms with E-state index in [1.54, 1.807) is 0 Å². The van der Waals surface area contributed by atoms with Crippen molar-refractivity contribution in [2.75, 3.05) is 41.7 Å². The standard InChI is InChI=1S/C25H30N6O/c1-17-8-10-21(11-9-17)27-24-26-19(3)16-23(29-24)30-12-14-31(15-13-30)25(32)28-22-7-5-6-18(2)20(22)4/h5-11,16H,12-15H2,1-4H3,(H,28,32)(H,26,27,29). The first-order valence-corrected chi connectivity index (χ1v) is 11.0. The molecule has 0 atom stereocenters. The smallest absolute Gasteiger partial charge is 0.321 e. The van der Waals surface area contributed by atoms with Gasteiger partial charge in [-0.1, -0.05) is 29.8 Å². The summed E-state index contributed by atoms with van der Waals surface area (Å²) >= 11 is 0.